The van der Waals surface area contributed by atoms with Crippen LogP contribution < -0.4 is 4.90 Å². The summed E-state index contributed by atoms with van der Waals surface area (Å²) in [6.45, 7) is 4.75. The topological polar surface area (TPSA) is 3.24 Å². The van der Waals surface area contributed by atoms with Crippen LogP contribution in [0.3, 0.4) is 0 Å². The average Bonchev–Trinajstić information content (AvgIpc) is 3.89. The van der Waals surface area contributed by atoms with Crippen LogP contribution in [0.15, 0.2) is 200 Å². The van der Waals surface area contributed by atoms with Gasteiger partial charge in [0.15, 0.2) is 0 Å². The van der Waals surface area contributed by atoms with E-state index in [0.717, 1.165) is 11.4 Å². The fourth-order valence-electron chi connectivity index (χ4n) is 10.6. The molecule has 0 radical (unpaired) electrons. The third-order valence-corrected chi connectivity index (χ3v) is 14.3. The van der Waals surface area contributed by atoms with Crippen LogP contribution in [0.5, 0.6) is 0 Å². The van der Waals surface area contributed by atoms with Crippen molar-refractivity contribution in [2.45, 2.75) is 24.7 Å². The summed E-state index contributed by atoms with van der Waals surface area (Å²) in [6.07, 6.45) is 0. The monoisotopic (exact) mass is 757 g/mol. The van der Waals surface area contributed by atoms with Crippen LogP contribution in [0.4, 0.5) is 17.1 Å². The van der Waals surface area contributed by atoms with Gasteiger partial charge in [0.05, 0.1) is 16.8 Å². The highest BCUT2D eigenvalue weighted by Crippen LogP contribution is 2.58. The molecule has 0 spiro atoms. The fraction of sp³-hybridized carbons (Fsp3) is 0.0714. The Hall–Kier alpha value is -6.74. The Morgan fingerprint density at radius 2 is 1.03 bits per heavy atom. The molecule has 2 aliphatic rings. The predicted molar refractivity (Wildman–Crippen MR) is 246 cm³/mol. The highest BCUT2D eigenvalue weighted by molar-refractivity contribution is 7.26. The minimum atomic E-state index is -0.503. The first-order valence-corrected chi connectivity index (χ1v) is 21.1. The highest BCUT2D eigenvalue weighted by Gasteiger charge is 2.46. The Labute approximate surface area is 343 Å². The van der Waals surface area contributed by atoms with Gasteiger partial charge in [-0.15, -0.1) is 11.3 Å². The molecule has 0 unspecified atom stereocenters. The third kappa shape index (κ3) is 4.47. The standard InChI is InChI=1S/C56H39NS/c1-55(2)45-27-11-10-26-43(45)52-48(55)34-33-44-53-50(31-16-32-51(53)58-54(44)52)57(49-30-14-18-36-17-6-7-23-40(36)49)39-22-15-21-38(35-39)56(37-19-4-3-5-20-37)46-28-12-8-24-41(46)42-25-9-13-29-47(42)56/h3-35H,1-2H3. The van der Waals surface area contributed by atoms with Gasteiger partial charge in [0.25, 0.3) is 0 Å². The number of hydrogen-bond donors (Lipinski definition) is 0. The summed E-state index contributed by atoms with van der Waals surface area (Å²) in [6, 6.07) is 74.8. The fourth-order valence-corrected chi connectivity index (χ4v) is 11.9. The van der Waals surface area contributed by atoms with E-state index in [9.17, 15) is 0 Å². The number of fused-ring (bicyclic) bond motifs is 11. The van der Waals surface area contributed by atoms with Crippen molar-refractivity contribution in [2.24, 2.45) is 0 Å². The van der Waals surface area contributed by atoms with E-state index in [0.29, 0.717) is 0 Å². The van der Waals surface area contributed by atoms with E-state index in [1.165, 1.54) is 92.3 Å². The van der Waals surface area contributed by atoms with Crippen LogP contribution in [0.1, 0.15) is 47.2 Å². The zero-order valence-corrected chi connectivity index (χ0v) is 33.2. The van der Waals surface area contributed by atoms with Crippen molar-refractivity contribution in [3.05, 3.63) is 234 Å². The largest absolute Gasteiger partial charge is 0.309 e. The van der Waals surface area contributed by atoms with E-state index in [-0.39, 0.29) is 5.41 Å². The molecular formula is C56H39NS. The number of rotatable bonds is 5. The zero-order chi connectivity index (χ0) is 38.6. The molecule has 0 fully saturated rings. The Kier molecular flexibility index (Phi) is 7.13. The van der Waals surface area contributed by atoms with Gasteiger partial charge in [0, 0.05) is 42.2 Å². The van der Waals surface area contributed by atoms with E-state index < -0.39 is 5.41 Å². The molecule has 0 bridgehead atoms. The molecule has 2 heteroatoms. The molecule has 1 heterocycles. The molecule has 12 rings (SSSR count). The molecule has 0 saturated heterocycles. The third-order valence-electron chi connectivity index (χ3n) is 13.1. The first-order chi connectivity index (χ1) is 28.5. The summed E-state index contributed by atoms with van der Waals surface area (Å²) in [7, 11) is 0. The van der Waals surface area contributed by atoms with Crippen LogP contribution in [0.25, 0.3) is 53.2 Å². The second kappa shape index (κ2) is 12.4. The Balaban J connectivity index is 1.16. The Morgan fingerprint density at radius 3 is 1.83 bits per heavy atom. The van der Waals surface area contributed by atoms with E-state index in [4.69, 9.17) is 0 Å². The van der Waals surface area contributed by atoms with Crippen molar-refractivity contribution in [1.29, 1.82) is 0 Å². The van der Waals surface area contributed by atoms with Crippen molar-refractivity contribution in [2.75, 3.05) is 4.90 Å². The number of nitrogens with zero attached hydrogens (tertiary/aromatic N) is 1. The molecule has 0 saturated carbocycles. The van der Waals surface area contributed by atoms with Gasteiger partial charge >= 0.3 is 0 Å². The molecule has 0 aliphatic heterocycles. The number of anilines is 3. The van der Waals surface area contributed by atoms with Crippen LogP contribution in [0, 0.1) is 0 Å². The SMILES string of the molecule is CC1(C)c2ccccc2-c2c1ccc1c2sc2cccc(N(c3cccc(C4(c5ccccc5)c5ccccc5-c5ccccc54)c3)c3cccc4ccccc34)c21. The lowest BCUT2D eigenvalue weighted by molar-refractivity contribution is 0.661. The van der Waals surface area contributed by atoms with E-state index in [1.807, 2.05) is 11.3 Å². The Morgan fingerprint density at radius 1 is 0.431 bits per heavy atom. The lowest BCUT2D eigenvalue weighted by atomic mass is 9.67. The lowest BCUT2D eigenvalue weighted by Crippen LogP contribution is -2.28. The quantitative estimate of drug-likeness (QED) is 0.169. The van der Waals surface area contributed by atoms with Gasteiger partial charge in [-0.1, -0.05) is 184 Å². The molecule has 1 nitrogen and oxygen atoms in total. The lowest BCUT2D eigenvalue weighted by Gasteiger charge is -2.35. The summed E-state index contributed by atoms with van der Waals surface area (Å²) in [5, 5.41) is 5.04. The molecule has 9 aromatic carbocycles. The number of thiophene rings is 1. The van der Waals surface area contributed by atoms with E-state index in [1.54, 1.807) is 0 Å². The summed E-state index contributed by atoms with van der Waals surface area (Å²) < 4.78 is 2.66. The van der Waals surface area contributed by atoms with Gasteiger partial charge in [-0.3, -0.25) is 0 Å². The van der Waals surface area contributed by atoms with Crippen molar-refractivity contribution < 1.29 is 0 Å². The molecule has 0 atom stereocenters. The van der Waals surface area contributed by atoms with Gasteiger partial charge < -0.3 is 4.90 Å². The van der Waals surface area contributed by atoms with Crippen LogP contribution in [-0.4, -0.2) is 0 Å². The van der Waals surface area contributed by atoms with Crippen molar-refractivity contribution in [3.8, 4) is 22.3 Å². The van der Waals surface area contributed by atoms with Gasteiger partial charge in [-0.25, -0.2) is 0 Å². The van der Waals surface area contributed by atoms with Gasteiger partial charge in [-0.05, 0) is 85.8 Å². The normalized spacial score (nSPS) is 14.3. The maximum Gasteiger partial charge on any atom is 0.0714 e. The molecule has 274 valence electrons. The Bertz CT molecular complexity index is 3230. The number of benzene rings is 9. The smallest absolute Gasteiger partial charge is 0.0714 e. The van der Waals surface area contributed by atoms with Gasteiger partial charge in [-0.2, -0.15) is 0 Å². The number of hydrogen-bond acceptors (Lipinski definition) is 2. The second-order valence-corrected chi connectivity index (χ2v) is 17.4. The second-order valence-electron chi connectivity index (χ2n) is 16.4. The van der Waals surface area contributed by atoms with Crippen molar-refractivity contribution in [3.63, 3.8) is 0 Å². The molecule has 58 heavy (non-hydrogen) atoms. The first kappa shape index (κ1) is 33.4. The highest BCUT2D eigenvalue weighted by atomic mass is 32.1. The van der Waals surface area contributed by atoms with E-state index in [2.05, 4.69) is 219 Å². The molecule has 0 amide bonds. The van der Waals surface area contributed by atoms with Crippen LogP contribution in [0.2, 0.25) is 0 Å². The predicted octanol–water partition coefficient (Wildman–Crippen LogP) is 15.3. The minimum absolute atomic E-state index is 0.0548. The first-order valence-electron chi connectivity index (χ1n) is 20.3. The summed E-state index contributed by atoms with van der Waals surface area (Å²) >= 11 is 1.94. The minimum Gasteiger partial charge on any atom is -0.309 e. The molecule has 2 aliphatic carbocycles. The molecule has 0 N–H and O–H groups in total. The average molecular weight is 758 g/mol. The maximum absolute atomic E-state index is 2.54. The van der Waals surface area contributed by atoms with Gasteiger partial charge in [0.2, 0.25) is 0 Å². The van der Waals surface area contributed by atoms with E-state index >= 15 is 0 Å². The van der Waals surface area contributed by atoms with Crippen molar-refractivity contribution in [1.82, 2.24) is 0 Å². The van der Waals surface area contributed by atoms with Gasteiger partial charge in [0.1, 0.15) is 0 Å². The summed E-state index contributed by atoms with van der Waals surface area (Å²) in [5.74, 6) is 0. The summed E-state index contributed by atoms with van der Waals surface area (Å²) in [4.78, 5) is 2.54. The van der Waals surface area contributed by atoms with Crippen LogP contribution in [-0.2, 0) is 10.8 Å². The molecule has 10 aromatic rings. The van der Waals surface area contributed by atoms with Crippen molar-refractivity contribution >= 4 is 59.3 Å². The maximum atomic E-state index is 2.54. The molecular weight excluding hydrogens is 719 g/mol. The summed E-state index contributed by atoms with van der Waals surface area (Å²) in [5.41, 5.74) is 16.2. The molecule has 1 aromatic heterocycles. The van der Waals surface area contributed by atoms with Crippen LogP contribution >= 0.6 is 11.3 Å². The zero-order valence-electron chi connectivity index (χ0n) is 32.4.